The summed E-state index contributed by atoms with van der Waals surface area (Å²) >= 11 is 0. The lowest BCUT2D eigenvalue weighted by Crippen LogP contribution is -2.43. The third-order valence-corrected chi connectivity index (χ3v) is 4.53. The molecule has 6 nitrogen and oxygen atoms in total. The first-order chi connectivity index (χ1) is 11.8. The number of likely N-dealkylation sites (N-methyl/N-ethyl adjacent to an activating group) is 1. The Labute approximate surface area is 149 Å². The largest absolute Gasteiger partial charge is 0.480 e. The van der Waals surface area contributed by atoms with E-state index in [0.29, 0.717) is 12.0 Å². The second-order valence-electron chi connectivity index (χ2n) is 7.27. The molecule has 0 aliphatic carbocycles. The highest BCUT2D eigenvalue weighted by atomic mass is 16.4. The molecular weight excluding hydrogens is 318 g/mol. The van der Waals surface area contributed by atoms with Gasteiger partial charge in [0.15, 0.2) is 0 Å². The third kappa shape index (κ3) is 6.14. The molecule has 25 heavy (non-hydrogen) atoms. The SMILES string of the molecule is CC(C)CC(NC(=O)c1ccc(CN2CCN(C)CC2)cc1)C(=O)O. The Hall–Kier alpha value is -1.92. The third-order valence-electron chi connectivity index (χ3n) is 4.53. The van der Waals surface area contributed by atoms with E-state index in [9.17, 15) is 14.7 Å². The fourth-order valence-corrected chi connectivity index (χ4v) is 2.96. The highest BCUT2D eigenvalue weighted by molar-refractivity contribution is 5.96. The zero-order chi connectivity index (χ0) is 18.4. The summed E-state index contributed by atoms with van der Waals surface area (Å²) in [5, 5.41) is 11.9. The van der Waals surface area contributed by atoms with E-state index in [1.54, 1.807) is 12.1 Å². The van der Waals surface area contributed by atoms with Gasteiger partial charge in [0.05, 0.1) is 0 Å². The summed E-state index contributed by atoms with van der Waals surface area (Å²) in [7, 11) is 2.13. The van der Waals surface area contributed by atoms with Crippen molar-refractivity contribution < 1.29 is 14.7 Å². The van der Waals surface area contributed by atoms with E-state index < -0.39 is 12.0 Å². The number of nitrogens with one attached hydrogen (secondary N) is 1. The van der Waals surface area contributed by atoms with Crippen LogP contribution in [0, 0.1) is 5.92 Å². The second-order valence-corrected chi connectivity index (χ2v) is 7.27. The van der Waals surface area contributed by atoms with Crippen LogP contribution in [0.25, 0.3) is 0 Å². The van der Waals surface area contributed by atoms with Gasteiger partial charge in [-0.15, -0.1) is 0 Å². The average Bonchev–Trinajstić information content (AvgIpc) is 2.56. The van der Waals surface area contributed by atoms with Crippen LogP contribution >= 0.6 is 0 Å². The molecule has 0 spiro atoms. The Morgan fingerprint density at radius 2 is 1.72 bits per heavy atom. The van der Waals surface area contributed by atoms with Crippen molar-refractivity contribution in [2.75, 3.05) is 33.2 Å². The zero-order valence-corrected chi connectivity index (χ0v) is 15.4. The molecule has 0 saturated carbocycles. The number of carbonyl (C=O) groups excluding carboxylic acids is 1. The number of amides is 1. The van der Waals surface area contributed by atoms with Crippen LogP contribution in [-0.4, -0.2) is 66.1 Å². The molecule has 1 unspecified atom stereocenters. The fraction of sp³-hybridized carbons (Fsp3) is 0.579. The molecule has 1 atom stereocenters. The maximum Gasteiger partial charge on any atom is 0.326 e. The Bertz CT molecular complexity index is 578. The van der Waals surface area contributed by atoms with E-state index >= 15 is 0 Å². The number of aliphatic carboxylic acids is 1. The number of carboxylic acid groups (broad SMARTS) is 1. The molecule has 1 fully saturated rings. The van der Waals surface area contributed by atoms with E-state index in [1.807, 2.05) is 26.0 Å². The fourth-order valence-electron chi connectivity index (χ4n) is 2.96. The highest BCUT2D eigenvalue weighted by Crippen LogP contribution is 2.11. The number of hydrogen-bond donors (Lipinski definition) is 2. The van der Waals surface area contributed by atoms with Crippen LogP contribution in [0.3, 0.4) is 0 Å². The topological polar surface area (TPSA) is 72.9 Å². The van der Waals surface area contributed by atoms with Crippen LogP contribution in [0.2, 0.25) is 0 Å². The highest BCUT2D eigenvalue weighted by Gasteiger charge is 2.21. The predicted molar refractivity (Wildman–Crippen MR) is 97.6 cm³/mol. The zero-order valence-electron chi connectivity index (χ0n) is 15.4. The summed E-state index contributed by atoms with van der Waals surface area (Å²) in [6, 6.07) is 6.60. The molecule has 1 aliphatic heterocycles. The summed E-state index contributed by atoms with van der Waals surface area (Å²) in [6.45, 7) is 9.01. The molecule has 1 aromatic rings. The smallest absolute Gasteiger partial charge is 0.326 e. The molecule has 2 N–H and O–H groups in total. The standard InChI is InChI=1S/C19H29N3O3/c1-14(2)12-17(19(24)25)20-18(23)16-6-4-15(5-7-16)13-22-10-8-21(3)9-11-22/h4-7,14,17H,8-13H2,1-3H3,(H,20,23)(H,24,25). The van der Waals surface area contributed by atoms with Gasteiger partial charge in [-0.25, -0.2) is 4.79 Å². The van der Waals surface area contributed by atoms with Gasteiger partial charge >= 0.3 is 5.97 Å². The molecule has 0 radical (unpaired) electrons. The van der Waals surface area contributed by atoms with E-state index in [1.165, 1.54) is 0 Å². The second kappa shape index (κ2) is 8.97. The predicted octanol–water partition coefficient (Wildman–Crippen LogP) is 1.66. The van der Waals surface area contributed by atoms with Gasteiger partial charge in [0.25, 0.3) is 5.91 Å². The van der Waals surface area contributed by atoms with Gasteiger partial charge in [-0.3, -0.25) is 9.69 Å². The van der Waals surface area contributed by atoms with E-state index in [0.717, 1.165) is 38.3 Å². The van der Waals surface area contributed by atoms with E-state index in [4.69, 9.17) is 0 Å². The molecule has 138 valence electrons. The number of hydrogen-bond acceptors (Lipinski definition) is 4. The van der Waals surface area contributed by atoms with Gasteiger partial charge in [-0.05, 0) is 37.1 Å². The van der Waals surface area contributed by atoms with Gasteiger partial charge in [0.2, 0.25) is 0 Å². The normalized spacial score (nSPS) is 17.4. The van der Waals surface area contributed by atoms with Crippen LogP contribution in [0.1, 0.15) is 36.2 Å². The molecule has 0 aromatic heterocycles. The van der Waals surface area contributed by atoms with Crippen molar-refractivity contribution in [3.05, 3.63) is 35.4 Å². The first-order valence-corrected chi connectivity index (χ1v) is 8.88. The van der Waals surface area contributed by atoms with Crippen molar-refractivity contribution in [1.82, 2.24) is 15.1 Å². The number of nitrogens with zero attached hydrogens (tertiary/aromatic N) is 2. The van der Waals surface area contributed by atoms with Crippen molar-refractivity contribution in [1.29, 1.82) is 0 Å². The van der Waals surface area contributed by atoms with Crippen LogP contribution in [-0.2, 0) is 11.3 Å². The van der Waals surface area contributed by atoms with Crippen LogP contribution in [0.4, 0.5) is 0 Å². The number of rotatable bonds is 7. The number of carboxylic acids is 1. The molecule has 0 bridgehead atoms. The molecule has 1 saturated heterocycles. The van der Waals surface area contributed by atoms with Gasteiger partial charge < -0.3 is 15.3 Å². The molecule has 1 aromatic carbocycles. The Morgan fingerprint density at radius 1 is 1.12 bits per heavy atom. The molecule has 1 heterocycles. The monoisotopic (exact) mass is 347 g/mol. The van der Waals surface area contributed by atoms with E-state index in [-0.39, 0.29) is 11.8 Å². The van der Waals surface area contributed by atoms with Crippen LogP contribution in [0.5, 0.6) is 0 Å². The molecule has 1 aliphatic rings. The number of carbonyl (C=O) groups is 2. The van der Waals surface area contributed by atoms with Gasteiger partial charge in [0.1, 0.15) is 6.04 Å². The molecule has 2 rings (SSSR count). The summed E-state index contributed by atoms with van der Waals surface area (Å²) in [5.41, 5.74) is 1.66. The molecule has 6 heteroatoms. The first kappa shape index (κ1) is 19.4. The number of piperazine rings is 1. The average molecular weight is 347 g/mol. The Morgan fingerprint density at radius 3 is 2.24 bits per heavy atom. The van der Waals surface area contributed by atoms with Crippen LogP contribution < -0.4 is 5.32 Å². The molecular formula is C19H29N3O3. The summed E-state index contributed by atoms with van der Waals surface area (Å²) in [6.07, 6.45) is 0.419. The van der Waals surface area contributed by atoms with Crippen molar-refractivity contribution in [3.8, 4) is 0 Å². The van der Waals surface area contributed by atoms with Gasteiger partial charge in [0, 0.05) is 38.3 Å². The Kier molecular flexibility index (Phi) is 6.96. The lowest BCUT2D eigenvalue weighted by molar-refractivity contribution is -0.139. The maximum atomic E-state index is 12.3. The minimum atomic E-state index is -0.992. The minimum absolute atomic E-state index is 0.201. The maximum absolute atomic E-state index is 12.3. The lowest BCUT2D eigenvalue weighted by atomic mass is 10.0. The quantitative estimate of drug-likeness (QED) is 0.785. The van der Waals surface area contributed by atoms with Crippen molar-refractivity contribution >= 4 is 11.9 Å². The number of benzene rings is 1. The first-order valence-electron chi connectivity index (χ1n) is 8.88. The van der Waals surface area contributed by atoms with Gasteiger partial charge in [-0.2, -0.15) is 0 Å². The minimum Gasteiger partial charge on any atom is -0.480 e. The Balaban J connectivity index is 1.92. The van der Waals surface area contributed by atoms with Crippen molar-refractivity contribution in [2.24, 2.45) is 5.92 Å². The summed E-state index contributed by atoms with van der Waals surface area (Å²) < 4.78 is 0. The summed E-state index contributed by atoms with van der Waals surface area (Å²) in [4.78, 5) is 28.3. The summed E-state index contributed by atoms with van der Waals surface area (Å²) in [5.74, 6) is -1.12. The van der Waals surface area contributed by atoms with E-state index in [2.05, 4.69) is 22.2 Å². The van der Waals surface area contributed by atoms with Crippen LogP contribution in [0.15, 0.2) is 24.3 Å². The van der Waals surface area contributed by atoms with Gasteiger partial charge in [-0.1, -0.05) is 26.0 Å². The van der Waals surface area contributed by atoms with Crippen molar-refractivity contribution in [2.45, 2.75) is 32.9 Å². The van der Waals surface area contributed by atoms with Crippen molar-refractivity contribution in [3.63, 3.8) is 0 Å². The molecule has 1 amide bonds. The lowest BCUT2D eigenvalue weighted by Gasteiger charge is -2.32.